The van der Waals surface area contributed by atoms with Crippen LogP contribution in [-0.4, -0.2) is 47.5 Å². The fourth-order valence-electron chi connectivity index (χ4n) is 5.00. The maximum atomic E-state index is 11.1. The van der Waals surface area contributed by atoms with Crippen molar-refractivity contribution in [3.8, 4) is 0 Å². The summed E-state index contributed by atoms with van der Waals surface area (Å²) in [6.45, 7) is 3.98. The summed E-state index contributed by atoms with van der Waals surface area (Å²) in [5, 5.41) is 7.98. The lowest BCUT2D eigenvalue weighted by atomic mass is 9.95. The number of benzene rings is 1. The molecule has 1 aliphatic carbocycles. The third-order valence-corrected chi connectivity index (χ3v) is 7.06. The van der Waals surface area contributed by atoms with Crippen molar-refractivity contribution >= 4 is 30.9 Å². The Bertz CT molecular complexity index is 1080. The van der Waals surface area contributed by atoms with E-state index in [1.54, 1.807) is 0 Å². The summed E-state index contributed by atoms with van der Waals surface area (Å²) >= 11 is 0. The van der Waals surface area contributed by atoms with E-state index in [2.05, 4.69) is 57.6 Å². The fourth-order valence-corrected chi connectivity index (χ4v) is 5.00. The Kier molecular flexibility index (Phi) is 8.66. The number of piperidine rings is 1. The number of nitrogens with two attached hydrogens (primary N) is 1. The van der Waals surface area contributed by atoms with Crippen molar-refractivity contribution < 1.29 is 4.79 Å². The average Bonchev–Trinajstić information content (AvgIpc) is 3.57. The van der Waals surface area contributed by atoms with Crippen LogP contribution in [0.1, 0.15) is 63.1 Å². The molecule has 5 rings (SSSR count). The van der Waals surface area contributed by atoms with Crippen LogP contribution in [0.4, 0.5) is 11.5 Å². The SMILES string of the molecule is CCCc1cc(NC2CCCC2)n2nccc2n1.[B]Cc1ccc(N2CCC(C(N)=O)CC2)cc1. The minimum atomic E-state index is -0.164. The van der Waals surface area contributed by atoms with Crippen LogP contribution in [0.3, 0.4) is 0 Å². The summed E-state index contributed by atoms with van der Waals surface area (Å²) in [6, 6.07) is 13.0. The van der Waals surface area contributed by atoms with Gasteiger partial charge in [0.05, 0.1) is 14.0 Å². The van der Waals surface area contributed by atoms with Gasteiger partial charge in [-0.3, -0.25) is 4.79 Å². The molecule has 2 aliphatic rings. The molecule has 0 atom stereocenters. The summed E-state index contributed by atoms with van der Waals surface area (Å²) in [5.74, 6) is 0.984. The Hall–Kier alpha value is -3.03. The van der Waals surface area contributed by atoms with Gasteiger partial charge >= 0.3 is 0 Å². The minimum absolute atomic E-state index is 0.0505. The molecule has 1 aliphatic heterocycles. The molecule has 2 radical (unpaired) electrons. The van der Waals surface area contributed by atoms with Crippen LogP contribution in [-0.2, 0) is 17.5 Å². The zero-order valence-corrected chi connectivity index (χ0v) is 20.8. The molecule has 184 valence electrons. The summed E-state index contributed by atoms with van der Waals surface area (Å²) in [4.78, 5) is 18.0. The highest BCUT2D eigenvalue weighted by molar-refractivity contribution is 6.08. The van der Waals surface area contributed by atoms with Crippen molar-refractivity contribution in [1.29, 1.82) is 0 Å². The molecule has 1 amide bonds. The zero-order valence-electron chi connectivity index (χ0n) is 20.8. The number of aryl methyl sites for hydroxylation is 1. The van der Waals surface area contributed by atoms with Gasteiger partial charge in [-0.05, 0) is 44.2 Å². The molecular weight excluding hydrogens is 435 g/mol. The quantitative estimate of drug-likeness (QED) is 0.506. The number of primary amides is 1. The Labute approximate surface area is 209 Å². The topological polar surface area (TPSA) is 88.6 Å². The summed E-state index contributed by atoms with van der Waals surface area (Å²) in [6.07, 6.45) is 11.5. The molecule has 35 heavy (non-hydrogen) atoms. The molecule has 3 N–H and O–H groups in total. The lowest BCUT2D eigenvalue weighted by Gasteiger charge is -2.32. The molecule has 0 unspecified atom stereocenters. The molecule has 1 saturated heterocycles. The van der Waals surface area contributed by atoms with E-state index in [0.29, 0.717) is 12.4 Å². The number of carbonyl (C=O) groups is 1. The Morgan fingerprint density at radius 1 is 1.11 bits per heavy atom. The van der Waals surface area contributed by atoms with Crippen LogP contribution in [0.5, 0.6) is 0 Å². The smallest absolute Gasteiger partial charge is 0.220 e. The number of anilines is 2. The average molecular weight is 472 g/mol. The number of nitrogens with zero attached hydrogens (tertiary/aromatic N) is 4. The molecule has 0 spiro atoms. The van der Waals surface area contributed by atoms with Gasteiger partial charge in [0.15, 0.2) is 5.65 Å². The molecule has 2 aromatic heterocycles. The molecule has 1 aromatic carbocycles. The van der Waals surface area contributed by atoms with Gasteiger partial charge < -0.3 is 16.0 Å². The zero-order chi connectivity index (χ0) is 24.6. The first-order valence-corrected chi connectivity index (χ1v) is 13.0. The van der Waals surface area contributed by atoms with E-state index >= 15 is 0 Å². The largest absolute Gasteiger partial charge is 0.371 e. The van der Waals surface area contributed by atoms with Gasteiger partial charge in [0, 0.05) is 48.6 Å². The highest BCUT2D eigenvalue weighted by atomic mass is 16.1. The van der Waals surface area contributed by atoms with Crippen molar-refractivity contribution in [3.63, 3.8) is 0 Å². The summed E-state index contributed by atoms with van der Waals surface area (Å²) in [7, 11) is 5.56. The Balaban J connectivity index is 0.000000165. The third kappa shape index (κ3) is 6.56. The van der Waals surface area contributed by atoms with Crippen molar-refractivity contribution in [2.45, 2.75) is 70.7 Å². The van der Waals surface area contributed by atoms with Gasteiger partial charge in [-0.25, -0.2) is 4.98 Å². The van der Waals surface area contributed by atoms with Gasteiger partial charge in [-0.15, -0.1) is 0 Å². The first-order valence-electron chi connectivity index (χ1n) is 13.0. The van der Waals surface area contributed by atoms with Gasteiger partial charge in [0.2, 0.25) is 5.91 Å². The highest BCUT2D eigenvalue weighted by Gasteiger charge is 2.23. The lowest BCUT2D eigenvalue weighted by Crippen LogP contribution is -2.38. The summed E-state index contributed by atoms with van der Waals surface area (Å²) < 4.78 is 1.91. The molecule has 7 nitrogen and oxygen atoms in total. The van der Waals surface area contributed by atoms with Gasteiger partial charge in [-0.2, -0.15) is 9.61 Å². The van der Waals surface area contributed by atoms with Crippen molar-refractivity contribution in [2.75, 3.05) is 23.3 Å². The lowest BCUT2D eigenvalue weighted by molar-refractivity contribution is -0.122. The number of hydrogen-bond donors (Lipinski definition) is 2. The van der Waals surface area contributed by atoms with E-state index in [1.165, 1.54) is 31.4 Å². The van der Waals surface area contributed by atoms with Gasteiger partial charge in [0.25, 0.3) is 0 Å². The molecule has 1 saturated carbocycles. The predicted molar refractivity (Wildman–Crippen MR) is 143 cm³/mol. The minimum Gasteiger partial charge on any atom is -0.371 e. The number of nitrogens with one attached hydrogen (secondary N) is 1. The number of amides is 1. The van der Waals surface area contributed by atoms with Gasteiger partial charge in [-0.1, -0.05) is 50.2 Å². The van der Waals surface area contributed by atoms with Crippen molar-refractivity contribution in [3.05, 3.63) is 53.9 Å². The summed E-state index contributed by atoms with van der Waals surface area (Å²) in [5.41, 5.74) is 9.76. The van der Waals surface area contributed by atoms with Gasteiger partial charge in [0.1, 0.15) is 5.82 Å². The van der Waals surface area contributed by atoms with Crippen LogP contribution in [0.2, 0.25) is 0 Å². The second kappa shape index (κ2) is 12.1. The third-order valence-electron chi connectivity index (χ3n) is 7.06. The maximum absolute atomic E-state index is 11.1. The van der Waals surface area contributed by atoms with Crippen LogP contribution >= 0.6 is 0 Å². The monoisotopic (exact) mass is 472 g/mol. The number of rotatable bonds is 7. The van der Waals surface area contributed by atoms with Crippen LogP contribution in [0, 0.1) is 5.92 Å². The molecule has 2 fully saturated rings. The molecule has 0 bridgehead atoms. The molecular formula is C27H37BN6O. The van der Waals surface area contributed by atoms with E-state index in [-0.39, 0.29) is 11.8 Å². The van der Waals surface area contributed by atoms with E-state index < -0.39 is 0 Å². The Morgan fingerprint density at radius 3 is 2.46 bits per heavy atom. The first kappa shape index (κ1) is 25.1. The standard InChI is InChI=1S/C14H20N4.C13H17BN2O/c1-2-5-12-10-14(16-11-6-3-4-7-11)18-13(17-12)8-9-15-18;14-9-10-1-3-12(4-2-10)16-7-5-11(6-8-16)13(15)17/h8-11,16H,2-7H2,1H3;1-4,11H,5-9H2,(H2,15,17). The number of fused-ring (bicyclic) bond motifs is 1. The highest BCUT2D eigenvalue weighted by Crippen LogP contribution is 2.24. The van der Waals surface area contributed by atoms with E-state index in [0.717, 1.165) is 61.5 Å². The molecule has 8 heteroatoms. The normalized spacial score (nSPS) is 16.8. The van der Waals surface area contributed by atoms with Crippen LogP contribution < -0.4 is 16.0 Å². The maximum Gasteiger partial charge on any atom is 0.220 e. The fraction of sp³-hybridized carbons (Fsp3) is 0.519. The predicted octanol–water partition coefficient (Wildman–Crippen LogP) is 4.09. The van der Waals surface area contributed by atoms with E-state index in [9.17, 15) is 4.79 Å². The van der Waals surface area contributed by atoms with Crippen molar-refractivity contribution in [1.82, 2.24) is 14.6 Å². The number of aromatic nitrogens is 3. The first-order chi connectivity index (χ1) is 17.1. The second-order valence-corrected chi connectivity index (χ2v) is 9.64. The number of hydrogen-bond acceptors (Lipinski definition) is 5. The van der Waals surface area contributed by atoms with Crippen molar-refractivity contribution in [2.24, 2.45) is 11.7 Å². The van der Waals surface area contributed by atoms with E-state index in [4.69, 9.17) is 13.6 Å². The number of carbonyl (C=O) groups excluding carboxylic acids is 1. The molecule has 3 heterocycles. The van der Waals surface area contributed by atoms with Crippen LogP contribution in [0.15, 0.2) is 42.6 Å². The second-order valence-electron chi connectivity index (χ2n) is 9.64. The Morgan fingerprint density at radius 2 is 1.83 bits per heavy atom. The molecule has 3 aromatic rings. The van der Waals surface area contributed by atoms with E-state index in [1.807, 2.05) is 16.8 Å². The van der Waals surface area contributed by atoms with Crippen LogP contribution in [0.25, 0.3) is 5.65 Å².